The summed E-state index contributed by atoms with van der Waals surface area (Å²) in [5.74, 6) is 0.0221. The van der Waals surface area contributed by atoms with Gasteiger partial charge in [-0.2, -0.15) is 10.1 Å². The number of amides is 1. The van der Waals surface area contributed by atoms with Crippen LogP contribution in [-0.2, 0) is 11.2 Å². The van der Waals surface area contributed by atoms with Gasteiger partial charge in [0.1, 0.15) is 5.15 Å². The van der Waals surface area contributed by atoms with Gasteiger partial charge >= 0.3 is 0 Å². The van der Waals surface area contributed by atoms with Crippen molar-refractivity contribution >= 4 is 23.5 Å². The standard InChI is InChI=1S/C17H14ClFN6O/c18-13-2-1-11(10-21-13)9-17(19)5-8-25(15(17)26)16-22-14(23-24-16)12-3-6-20-7-4-12/h1-4,6-7,10H,5,8-9H2,(H,22,23,24)/t17-/m1/s1. The Morgan fingerprint density at radius 2 is 2.08 bits per heavy atom. The van der Waals surface area contributed by atoms with E-state index in [1.807, 2.05) is 0 Å². The highest BCUT2D eigenvalue weighted by Crippen LogP contribution is 2.33. The van der Waals surface area contributed by atoms with E-state index in [9.17, 15) is 4.79 Å². The predicted molar refractivity (Wildman–Crippen MR) is 93.4 cm³/mol. The normalized spacial score (nSPS) is 19.9. The molecule has 1 fully saturated rings. The first-order chi connectivity index (χ1) is 12.5. The molecule has 1 atom stereocenters. The molecule has 132 valence electrons. The first kappa shape index (κ1) is 16.6. The van der Waals surface area contributed by atoms with Crippen LogP contribution in [0.1, 0.15) is 12.0 Å². The Morgan fingerprint density at radius 3 is 2.81 bits per heavy atom. The van der Waals surface area contributed by atoms with Crippen molar-refractivity contribution in [3.8, 4) is 11.4 Å². The molecule has 0 unspecified atom stereocenters. The van der Waals surface area contributed by atoms with Gasteiger partial charge in [0.15, 0.2) is 11.5 Å². The van der Waals surface area contributed by atoms with Crippen LogP contribution in [0.25, 0.3) is 11.4 Å². The third kappa shape index (κ3) is 3.03. The number of hydrogen-bond acceptors (Lipinski definition) is 5. The molecular weight excluding hydrogens is 359 g/mol. The highest BCUT2D eigenvalue weighted by Gasteiger charge is 2.48. The molecular formula is C17H14ClFN6O. The second-order valence-electron chi connectivity index (χ2n) is 6.06. The van der Waals surface area contributed by atoms with E-state index in [1.165, 1.54) is 11.1 Å². The molecule has 7 nitrogen and oxygen atoms in total. The third-order valence-corrected chi connectivity index (χ3v) is 4.52. The molecule has 4 heterocycles. The van der Waals surface area contributed by atoms with Gasteiger partial charge in [0.25, 0.3) is 5.91 Å². The van der Waals surface area contributed by atoms with Gasteiger partial charge in [-0.25, -0.2) is 14.5 Å². The van der Waals surface area contributed by atoms with Crippen LogP contribution in [0.2, 0.25) is 5.15 Å². The van der Waals surface area contributed by atoms with E-state index in [-0.39, 0.29) is 25.3 Å². The predicted octanol–water partition coefficient (Wildman–Crippen LogP) is 2.60. The van der Waals surface area contributed by atoms with E-state index < -0.39 is 11.6 Å². The minimum Gasteiger partial charge on any atom is -0.278 e. The zero-order chi connectivity index (χ0) is 18.1. The highest BCUT2D eigenvalue weighted by molar-refractivity contribution is 6.29. The quantitative estimate of drug-likeness (QED) is 0.711. The van der Waals surface area contributed by atoms with Crippen molar-refractivity contribution in [3.63, 3.8) is 0 Å². The first-order valence-corrected chi connectivity index (χ1v) is 8.37. The number of carbonyl (C=O) groups excluding carboxylic acids is 1. The van der Waals surface area contributed by atoms with Gasteiger partial charge in [-0.05, 0) is 23.8 Å². The number of H-pyrrole nitrogens is 1. The molecule has 26 heavy (non-hydrogen) atoms. The van der Waals surface area contributed by atoms with E-state index in [1.54, 1.807) is 36.7 Å². The van der Waals surface area contributed by atoms with E-state index in [0.717, 1.165) is 5.56 Å². The molecule has 4 rings (SSSR count). The zero-order valence-corrected chi connectivity index (χ0v) is 14.3. The van der Waals surface area contributed by atoms with Crippen LogP contribution in [0.3, 0.4) is 0 Å². The van der Waals surface area contributed by atoms with Crippen LogP contribution in [0, 0.1) is 0 Å². The van der Waals surface area contributed by atoms with Gasteiger partial charge in [0, 0.05) is 43.5 Å². The fourth-order valence-electron chi connectivity index (χ4n) is 2.94. The van der Waals surface area contributed by atoms with Crippen LogP contribution in [-0.4, -0.2) is 43.3 Å². The second-order valence-corrected chi connectivity index (χ2v) is 6.44. The number of hydrogen-bond donors (Lipinski definition) is 1. The Labute approximate surface area is 153 Å². The summed E-state index contributed by atoms with van der Waals surface area (Å²) in [6.45, 7) is 0.224. The maximum Gasteiger partial charge on any atom is 0.267 e. The Balaban J connectivity index is 1.54. The average Bonchev–Trinajstić information content (AvgIpc) is 3.24. The smallest absolute Gasteiger partial charge is 0.267 e. The zero-order valence-electron chi connectivity index (χ0n) is 13.6. The molecule has 1 amide bonds. The molecule has 1 aliphatic rings. The summed E-state index contributed by atoms with van der Waals surface area (Å²) >= 11 is 5.74. The van der Waals surface area contributed by atoms with Crippen molar-refractivity contribution in [2.75, 3.05) is 11.4 Å². The molecule has 0 bridgehead atoms. The lowest BCUT2D eigenvalue weighted by Gasteiger charge is -2.18. The van der Waals surface area contributed by atoms with Crippen molar-refractivity contribution in [1.82, 2.24) is 25.1 Å². The van der Waals surface area contributed by atoms with Crippen LogP contribution < -0.4 is 4.90 Å². The number of pyridine rings is 2. The molecule has 0 radical (unpaired) electrons. The molecule has 0 spiro atoms. The topological polar surface area (TPSA) is 87.7 Å². The SMILES string of the molecule is O=C1N(c2nc(-c3ccncc3)n[nH]2)CC[C@@]1(F)Cc1ccc(Cl)nc1. The number of nitrogens with zero attached hydrogens (tertiary/aromatic N) is 5. The summed E-state index contributed by atoms with van der Waals surface area (Å²) in [5.41, 5.74) is -0.630. The molecule has 1 aliphatic heterocycles. The van der Waals surface area contributed by atoms with Crippen molar-refractivity contribution < 1.29 is 9.18 Å². The van der Waals surface area contributed by atoms with Crippen LogP contribution in [0.4, 0.5) is 10.3 Å². The van der Waals surface area contributed by atoms with Crippen molar-refractivity contribution in [2.24, 2.45) is 0 Å². The van der Waals surface area contributed by atoms with Gasteiger partial charge in [-0.15, -0.1) is 0 Å². The number of anilines is 1. The molecule has 1 N–H and O–H groups in total. The van der Waals surface area contributed by atoms with Crippen molar-refractivity contribution in [2.45, 2.75) is 18.5 Å². The van der Waals surface area contributed by atoms with Crippen molar-refractivity contribution in [3.05, 3.63) is 53.6 Å². The lowest BCUT2D eigenvalue weighted by atomic mass is 9.96. The Kier molecular flexibility index (Phi) is 4.12. The van der Waals surface area contributed by atoms with Crippen molar-refractivity contribution in [1.29, 1.82) is 0 Å². The minimum absolute atomic E-state index is 0.0577. The van der Waals surface area contributed by atoms with Gasteiger partial charge in [-0.1, -0.05) is 17.7 Å². The summed E-state index contributed by atoms with van der Waals surface area (Å²) in [6, 6.07) is 6.76. The average molecular weight is 373 g/mol. The molecule has 0 aromatic carbocycles. The number of rotatable bonds is 4. The molecule has 3 aromatic rings. The lowest BCUT2D eigenvalue weighted by molar-refractivity contribution is -0.127. The van der Waals surface area contributed by atoms with E-state index in [4.69, 9.17) is 11.6 Å². The van der Waals surface area contributed by atoms with E-state index in [0.29, 0.717) is 16.5 Å². The maximum atomic E-state index is 15.2. The monoisotopic (exact) mass is 372 g/mol. The Bertz CT molecular complexity index is 932. The molecule has 9 heteroatoms. The summed E-state index contributed by atoms with van der Waals surface area (Å²) in [5, 5.41) is 7.14. The second kappa shape index (κ2) is 6.45. The van der Waals surface area contributed by atoms with Crippen LogP contribution in [0.15, 0.2) is 42.9 Å². The number of alkyl halides is 1. The number of aromatic amines is 1. The fourth-order valence-corrected chi connectivity index (χ4v) is 3.06. The van der Waals surface area contributed by atoms with Gasteiger partial charge in [-0.3, -0.25) is 14.7 Å². The maximum absolute atomic E-state index is 15.2. The largest absolute Gasteiger partial charge is 0.278 e. The molecule has 3 aromatic heterocycles. The van der Waals surface area contributed by atoms with Gasteiger partial charge in [0.2, 0.25) is 5.95 Å². The molecule has 1 saturated heterocycles. The summed E-state index contributed by atoms with van der Waals surface area (Å²) in [4.78, 5) is 26.1. The number of halogens is 2. The third-order valence-electron chi connectivity index (χ3n) is 4.30. The van der Waals surface area contributed by atoms with Gasteiger partial charge in [0.05, 0.1) is 0 Å². The summed E-state index contributed by atoms with van der Waals surface area (Å²) in [6.07, 6.45) is 4.74. The lowest BCUT2D eigenvalue weighted by Crippen LogP contribution is -2.38. The minimum atomic E-state index is -2.00. The van der Waals surface area contributed by atoms with Crippen LogP contribution in [0.5, 0.6) is 0 Å². The van der Waals surface area contributed by atoms with Gasteiger partial charge < -0.3 is 0 Å². The highest BCUT2D eigenvalue weighted by atomic mass is 35.5. The molecule has 0 aliphatic carbocycles. The Hall–Kier alpha value is -2.87. The Morgan fingerprint density at radius 1 is 1.27 bits per heavy atom. The summed E-state index contributed by atoms with van der Waals surface area (Å²) < 4.78 is 15.2. The number of carbonyl (C=O) groups is 1. The number of aromatic nitrogens is 5. The fraction of sp³-hybridized carbons (Fsp3) is 0.235. The molecule has 0 saturated carbocycles. The summed E-state index contributed by atoms with van der Waals surface area (Å²) in [7, 11) is 0. The van der Waals surface area contributed by atoms with E-state index in [2.05, 4.69) is 25.1 Å². The van der Waals surface area contributed by atoms with E-state index >= 15 is 4.39 Å². The van der Waals surface area contributed by atoms with Crippen LogP contribution >= 0.6 is 11.6 Å². The first-order valence-electron chi connectivity index (χ1n) is 7.99. The number of nitrogens with one attached hydrogen (secondary N) is 1.